The summed E-state index contributed by atoms with van der Waals surface area (Å²) in [4.78, 5) is 36.9. The zero-order chi connectivity index (χ0) is 26.0. The summed E-state index contributed by atoms with van der Waals surface area (Å²) in [6, 6.07) is 13.2. The Kier molecular flexibility index (Phi) is 9.35. The second-order valence-corrected chi connectivity index (χ2v) is 9.53. The van der Waals surface area contributed by atoms with Crippen molar-refractivity contribution in [2.24, 2.45) is 0 Å². The summed E-state index contributed by atoms with van der Waals surface area (Å²) < 4.78 is 16.5. The Hall–Kier alpha value is -3.61. The maximum Gasteiger partial charge on any atom is 0.407 e. The molecule has 4 rings (SSSR count). The zero-order valence-corrected chi connectivity index (χ0v) is 21.5. The lowest BCUT2D eigenvalue weighted by Gasteiger charge is -2.13. The number of hydrogen-bond acceptors (Lipinski definition) is 6. The highest BCUT2D eigenvalue weighted by atomic mass is 16.5. The number of ether oxygens (including phenoxy) is 2. The van der Waals surface area contributed by atoms with Crippen LogP contribution in [0.3, 0.4) is 0 Å². The molecule has 2 aromatic carbocycles. The van der Waals surface area contributed by atoms with Crippen LogP contribution in [-0.4, -0.2) is 18.6 Å². The zero-order valence-electron chi connectivity index (χ0n) is 21.5. The monoisotopic (exact) mass is 505 g/mol. The summed E-state index contributed by atoms with van der Waals surface area (Å²) in [5.41, 5.74) is 3.89. The highest BCUT2D eigenvalue weighted by molar-refractivity contribution is 5.85. The first-order valence-corrected chi connectivity index (χ1v) is 13.3. The highest BCUT2D eigenvalue weighted by Gasteiger charge is 2.22. The number of esters is 1. The van der Waals surface area contributed by atoms with E-state index in [0.717, 1.165) is 79.0 Å². The van der Waals surface area contributed by atoms with E-state index in [2.05, 4.69) is 12.2 Å². The molecule has 1 aliphatic carbocycles. The molecule has 7 heteroatoms. The van der Waals surface area contributed by atoms with Crippen molar-refractivity contribution in [3.05, 3.63) is 75.1 Å². The van der Waals surface area contributed by atoms with Crippen LogP contribution in [0.15, 0.2) is 51.7 Å². The molecule has 3 aromatic rings. The van der Waals surface area contributed by atoms with Gasteiger partial charge in [-0.3, -0.25) is 4.79 Å². The first-order chi connectivity index (χ1) is 18.0. The van der Waals surface area contributed by atoms with Crippen LogP contribution < -0.4 is 15.7 Å². The Morgan fingerprint density at radius 2 is 1.81 bits per heavy atom. The number of hydrogen-bond donors (Lipinski definition) is 1. The van der Waals surface area contributed by atoms with E-state index < -0.39 is 12.1 Å². The lowest BCUT2D eigenvalue weighted by molar-refractivity contribution is -0.134. The number of benzene rings is 2. The maximum atomic E-state index is 12.6. The minimum absolute atomic E-state index is 0.139. The van der Waals surface area contributed by atoms with Gasteiger partial charge in [-0.05, 0) is 61.3 Å². The lowest BCUT2D eigenvalue weighted by Crippen LogP contribution is -2.26. The number of nitrogens with one attached hydrogen (secondary N) is 1. The molecule has 0 atom stereocenters. The van der Waals surface area contributed by atoms with Crippen LogP contribution in [0.1, 0.15) is 74.1 Å². The van der Waals surface area contributed by atoms with E-state index in [0.29, 0.717) is 24.3 Å². The molecule has 0 fully saturated rings. The number of alkyl carbamates (subject to hydrolysis) is 1. The van der Waals surface area contributed by atoms with E-state index in [1.165, 1.54) is 0 Å². The Morgan fingerprint density at radius 1 is 1.00 bits per heavy atom. The molecule has 0 aliphatic heterocycles. The third kappa shape index (κ3) is 7.21. The fraction of sp³-hybridized carbons (Fsp3) is 0.433. The molecule has 0 unspecified atom stereocenters. The number of rotatable bonds is 12. The van der Waals surface area contributed by atoms with Gasteiger partial charge in [0.1, 0.15) is 17.9 Å². The normalized spacial score (nSPS) is 12.4. The average molecular weight is 506 g/mol. The van der Waals surface area contributed by atoms with Crippen molar-refractivity contribution in [1.82, 2.24) is 5.32 Å². The van der Waals surface area contributed by atoms with Crippen molar-refractivity contribution in [3.63, 3.8) is 0 Å². The van der Waals surface area contributed by atoms with E-state index >= 15 is 0 Å². The van der Waals surface area contributed by atoms with Crippen molar-refractivity contribution in [2.75, 3.05) is 6.54 Å². The first kappa shape index (κ1) is 26.5. The Morgan fingerprint density at radius 3 is 2.62 bits per heavy atom. The molecular formula is C30H35NO6. The van der Waals surface area contributed by atoms with Gasteiger partial charge in [0.2, 0.25) is 0 Å². The second-order valence-electron chi connectivity index (χ2n) is 9.53. The number of amides is 1. The van der Waals surface area contributed by atoms with Gasteiger partial charge < -0.3 is 19.2 Å². The second kappa shape index (κ2) is 13.1. The van der Waals surface area contributed by atoms with Gasteiger partial charge in [-0.1, -0.05) is 56.5 Å². The molecule has 0 saturated heterocycles. The van der Waals surface area contributed by atoms with Gasteiger partial charge in [0.05, 0.1) is 0 Å². The van der Waals surface area contributed by atoms with Gasteiger partial charge in [-0.25, -0.2) is 9.59 Å². The molecule has 1 heterocycles. The van der Waals surface area contributed by atoms with Crippen molar-refractivity contribution in [3.8, 4) is 5.75 Å². The predicted molar refractivity (Wildman–Crippen MR) is 142 cm³/mol. The van der Waals surface area contributed by atoms with E-state index in [9.17, 15) is 14.4 Å². The van der Waals surface area contributed by atoms with E-state index in [-0.39, 0.29) is 18.7 Å². The van der Waals surface area contributed by atoms with Gasteiger partial charge in [0, 0.05) is 30.0 Å². The summed E-state index contributed by atoms with van der Waals surface area (Å²) in [5.74, 6) is 0.0578. The van der Waals surface area contributed by atoms with Gasteiger partial charge in [-0.15, -0.1) is 0 Å². The molecule has 7 nitrogen and oxygen atoms in total. The SMILES string of the molecule is CCCCCCc1cc2c3c(c(=O)oc2cc1OC(=O)CCCNC(=O)OCc1ccccc1)CCC3. The van der Waals surface area contributed by atoms with Crippen LogP contribution in [-0.2, 0) is 35.4 Å². The fourth-order valence-corrected chi connectivity index (χ4v) is 4.76. The number of unbranched alkanes of at least 4 members (excludes halogenated alkanes) is 3. The number of carbonyl (C=O) groups excluding carboxylic acids is 2. The summed E-state index contributed by atoms with van der Waals surface area (Å²) in [7, 11) is 0. The molecule has 1 amide bonds. The van der Waals surface area contributed by atoms with Crippen LogP contribution >= 0.6 is 0 Å². The minimum Gasteiger partial charge on any atom is -0.445 e. The molecule has 1 aromatic heterocycles. The smallest absolute Gasteiger partial charge is 0.407 e. The number of carbonyl (C=O) groups is 2. The van der Waals surface area contributed by atoms with Crippen LogP contribution in [0, 0.1) is 0 Å². The van der Waals surface area contributed by atoms with Crippen molar-refractivity contribution in [2.45, 2.75) is 77.7 Å². The van der Waals surface area contributed by atoms with Crippen molar-refractivity contribution in [1.29, 1.82) is 0 Å². The largest absolute Gasteiger partial charge is 0.445 e. The van der Waals surface area contributed by atoms with Crippen LogP contribution in [0.4, 0.5) is 4.79 Å². The van der Waals surface area contributed by atoms with Gasteiger partial charge >= 0.3 is 17.7 Å². The third-order valence-corrected chi connectivity index (χ3v) is 6.72. The van der Waals surface area contributed by atoms with Crippen molar-refractivity contribution < 1.29 is 23.5 Å². The minimum atomic E-state index is -0.524. The molecule has 196 valence electrons. The molecule has 0 bridgehead atoms. The molecule has 37 heavy (non-hydrogen) atoms. The lowest BCUT2D eigenvalue weighted by atomic mass is 10.00. The van der Waals surface area contributed by atoms with E-state index in [1.54, 1.807) is 6.07 Å². The molecular weight excluding hydrogens is 470 g/mol. The van der Waals surface area contributed by atoms with Gasteiger partial charge in [0.25, 0.3) is 0 Å². The predicted octanol–water partition coefficient (Wildman–Crippen LogP) is 6.02. The molecule has 0 radical (unpaired) electrons. The van der Waals surface area contributed by atoms with E-state index in [1.807, 2.05) is 36.4 Å². The van der Waals surface area contributed by atoms with Gasteiger partial charge in [0.15, 0.2) is 0 Å². The standard InChI is InChI=1S/C30H35NO6/c1-2-3-4-8-13-22-18-25-23-14-9-15-24(23)29(33)37-27(25)19-26(22)36-28(32)16-10-17-31-30(34)35-20-21-11-6-5-7-12-21/h5-7,11-12,18-19H,2-4,8-10,13-17,20H2,1H3,(H,31,34). The molecule has 1 aliphatic rings. The quantitative estimate of drug-likeness (QED) is 0.140. The van der Waals surface area contributed by atoms with Crippen LogP contribution in [0.25, 0.3) is 11.0 Å². The van der Waals surface area contributed by atoms with Crippen molar-refractivity contribution >= 4 is 23.0 Å². The number of fused-ring (bicyclic) bond motifs is 3. The Labute approximate surface area is 217 Å². The topological polar surface area (TPSA) is 94.8 Å². The van der Waals surface area contributed by atoms with Crippen LogP contribution in [0.2, 0.25) is 0 Å². The summed E-state index contributed by atoms with van der Waals surface area (Å²) in [6.45, 7) is 2.66. The molecule has 0 saturated carbocycles. The van der Waals surface area contributed by atoms with E-state index in [4.69, 9.17) is 13.9 Å². The highest BCUT2D eigenvalue weighted by Crippen LogP contribution is 2.33. The first-order valence-electron chi connectivity index (χ1n) is 13.3. The fourth-order valence-electron chi connectivity index (χ4n) is 4.76. The van der Waals surface area contributed by atoms with Gasteiger partial charge in [-0.2, -0.15) is 0 Å². The Balaban J connectivity index is 1.35. The number of aryl methyl sites for hydroxylation is 2. The average Bonchev–Trinajstić information content (AvgIpc) is 3.40. The molecule has 1 N–H and O–H groups in total. The summed E-state index contributed by atoms with van der Waals surface area (Å²) in [6.07, 6.45) is 7.81. The Bertz CT molecular complexity index is 1280. The third-order valence-electron chi connectivity index (χ3n) is 6.72. The van der Waals surface area contributed by atoms with Crippen LogP contribution in [0.5, 0.6) is 5.75 Å². The summed E-state index contributed by atoms with van der Waals surface area (Å²) >= 11 is 0. The summed E-state index contributed by atoms with van der Waals surface area (Å²) in [5, 5.41) is 3.61. The maximum absolute atomic E-state index is 12.6. The molecule has 0 spiro atoms.